The number of amides is 1. The lowest BCUT2D eigenvalue weighted by atomic mass is 10.0. The van der Waals surface area contributed by atoms with Crippen LogP contribution < -0.4 is 10.0 Å². The van der Waals surface area contributed by atoms with E-state index in [2.05, 4.69) is 10.0 Å². The number of esters is 1. The molecule has 0 heterocycles. The summed E-state index contributed by atoms with van der Waals surface area (Å²) >= 11 is 0. The first-order chi connectivity index (χ1) is 13.0. The van der Waals surface area contributed by atoms with E-state index in [0.29, 0.717) is 6.42 Å². The Morgan fingerprint density at radius 2 is 1.68 bits per heavy atom. The average Bonchev–Trinajstić information content (AvgIpc) is 2.59. The van der Waals surface area contributed by atoms with Crippen LogP contribution in [0.3, 0.4) is 0 Å². The SMILES string of the molecule is COC(=O)[C@H](CC(C)C)NC(=O)C[C@H](NS(=O)(=O)c1ccc(F)cc1)C(C)C. The zero-order chi connectivity index (χ0) is 21.5. The third-order valence-electron chi connectivity index (χ3n) is 4.17. The predicted molar refractivity (Wildman–Crippen MR) is 103 cm³/mol. The molecule has 1 aromatic carbocycles. The summed E-state index contributed by atoms with van der Waals surface area (Å²) in [6, 6.07) is 2.93. The van der Waals surface area contributed by atoms with Crippen molar-refractivity contribution in [3.8, 4) is 0 Å². The van der Waals surface area contributed by atoms with Gasteiger partial charge in [-0.1, -0.05) is 27.7 Å². The Morgan fingerprint density at radius 1 is 1.11 bits per heavy atom. The number of carbonyl (C=O) groups excluding carboxylic acids is 2. The fourth-order valence-electron chi connectivity index (χ4n) is 2.58. The Morgan fingerprint density at radius 3 is 2.14 bits per heavy atom. The van der Waals surface area contributed by atoms with E-state index in [0.717, 1.165) is 24.3 Å². The molecule has 2 atom stereocenters. The van der Waals surface area contributed by atoms with Gasteiger partial charge in [0.15, 0.2) is 0 Å². The maximum atomic E-state index is 13.0. The van der Waals surface area contributed by atoms with Crippen LogP contribution in [0.2, 0.25) is 0 Å². The van der Waals surface area contributed by atoms with Crippen LogP contribution in [-0.4, -0.2) is 39.5 Å². The molecule has 0 aliphatic carbocycles. The molecule has 0 fully saturated rings. The summed E-state index contributed by atoms with van der Waals surface area (Å²) in [5.41, 5.74) is 0. The Labute approximate surface area is 166 Å². The molecule has 0 aliphatic heterocycles. The zero-order valence-electron chi connectivity index (χ0n) is 16.9. The topological polar surface area (TPSA) is 102 Å². The first-order valence-electron chi connectivity index (χ1n) is 9.11. The van der Waals surface area contributed by atoms with E-state index in [1.165, 1.54) is 7.11 Å². The number of benzene rings is 1. The van der Waals surface area contributed by atoms with Crippen LogP contribution in [0.1, 0.15) is 40.5 Å². The molecule has 2 N–H and O–H groups in total. The van der Waals surface area contributed by atoms with Gasteiger partial charge in [0.2, 0.25) is 15.9 Å². The van der Waals surface area contributed by atoms with Crippen LogP contribution >= 0.6 is 0 Å². The second kappa shape index (κ2) is 10.5. The van der Waals surface area contributed by atoms with Gasteiger partial charge < -0.3 is 10.1 Å². The van der Waals surface area contributed by atoms with Crippen molar-refractivity contribution in [2.75, 3.05) is 7.11 Å². The highest BCUT2D eigenvalue weighted by atomic mass is 32.2. The highest BCUT2D eigenvalue weighted by Crippen LogP contribution is 2.15. The van der Waals surface area contributed by atoms with Gasteiger partial charge in [-0.15, -0.1) is 0 Å². The Balaban J connectivity index is 2.87. The monoisotopic (exact) mass is 416 g/mol. The number of carbonyl (C=O) groups is 2. The Kier molecular flexibility index (Phi) is 9.03. The van der Waals surface area contributed by atoms with Gasteiger partial charge in [0.05, 0.1) is 12.0 Å². The highest BCUT2D eigenvalue weighted by molar-refractivity contribution is 7.89. The summed E-state index contributed by atoms with van der Waals surface area (Å²) in [6.07, 6.45) is 0.260. The number of ether oxygens (including phenoxy) is 1. The van der Waals surface area contributed by atoms with E-state index in [1.807, 2.05) is 13.8 Å². The quantitative estimate of drug-likeness (QED) is 0.570. The molecule has 0 bridgehead atoms. The van der Waals surface area contributed by atoms with Crippen molar-refractivity contribution in [1.29, 1.82) is 0 Å². The molecule has 1 amide bonds. The van der Waals surface area contributed by atoms with E-state index in [-0.39, 0.29) is 23.2 Å². The first kappa shape index (κ1) is 24.0. The molecular formula is C19H29FN2O5S. The summed E-state index contributed by atoms with van der Waals surface area (Å²) in [5.74, 6) is -1.59. The first-order valence-corrected chi connectivity index (χ1v) is 10.6. The minimum Gasteiger partial charge on any atom is -0.467 e. The van der Waals surface area contributed by atoms with Gasteiger partial charge in [-0.3, -0.25) is 4.79 Å². The van der Waals surface area contributed by atoms with E-state index in [9.17, 15) is 22.4 Å². The maximum Gasteiger partial charge on any atom is 0.328 e. The van der Waals surface area contributed by atoms with Gasteiger partial charge in [0.1, 0.15) is 11.9 Å². The van der Waals surface area contributed by atoms with Crippen molar-refractivity contribution in [2.45, 2.75) is 57.5 Å². The van der Waals surface area contributed by atoms with Gasteiger partial charge in [-0.2, -0.15) is 0 Å². The standard InChI is InChI=1S/C19H29FN2O5S/c1-12(2)10-17(19(24)27-5)21-18(23)11-16(13(3)4)22-28(25,26)15-8-6-14(20)7-9-15/h6-9,12-13,16-17,22H,10-11H2,1-5H3,(H,21,23)/t16-,17-/m0/s1. The highest BCUT2D eigenvalue weighted by Gasteiger charge is 2.28. The number of hydrogen-bond acceptors (Lipinski definition) is 5. The molecule has 1 aromatic rings. The maximum absolute atomic E-state index is 13.0. The van der Waals surface area contributed by atoms with Crippen molar-refractivity contribution >= 4 is 21.9 Å². The molecule has 0 aromatic heterocycles. The zero-order valence-corrected chi connectivity index (χ0v) is 17.7. The van der Waals surface area contributed by atoms with Crippen molar-refractivity contribution in [2.24, 2.45) is 11.8 Å². The molecule has 0 aliphatic rings. The predicted octanol–water partition coefficient (Wildman–Crippen LogP) is 2.22. The van der Waals surface area contributed by atoms with Crippen LogP contribution in [0.4, 0.5) is 4.39 Å². The fraction of sp³-hybridized carbons (Fsp3) is 0.579. The van der Waals surface area contributed by atoms with Crippen molar-refractivity contribution in [3.63, 3.8) is 0 Å². The van der Waals surface area contributed by atoms with E-state index >= 15 is 0 Å². The minimum atomic E-state index is -3.92. The van der Waals surface area contributed by atoms with Gasteiger partial charge in [0, 0.05) is 12.5 Å². The lowest BCUT2D eigenvalue weighted by Gasteiger charge is -2.24. The molecule has 28 heavy (non-hydrogen) atoms. The van der Waals surface area contributed by atoms with E-state index in [1.54, 1.807) is 13.8 Å². The van der Waals surface area contributed by atoms with Crippen molar-refractivity contribution in [3.05, 3.63) is 30.1 Å². The summed E-state index contributed by atoms with van der Waals surface area (Å²) in [4.78, 5) is 24.2. The smallest absolute Gasteiger partial charge is 0.328 e. The molecule has 0 unspecified atom stereocenters. The van der Waals surface area contributed by atoms with Crippen molar-refractivity contribution in [1.82, 2.24) is 10.0 Å². The van der Waals surface area contributed by atoms with Crippen LogP contribution in [0, 0.1) is 17.7 Å². The number of rotatable bonds is 10. The molecular weight excluding hydrogens is 387 g/mol. The second-order valence-corrected chi connectivity index (χ2v) is 9.12. The average molecular weight is 417 g/mol. The molecule has 0 spiro atoms. The molecule has 7 nitrogen and oxygen atoms in total. The number of nitrogens with one attached hydrogen (secondary N) is 2. The van der Waals surface area contributed by atoms with Gasteiger partial charge in [0.25, 0.3) is 0 Å². The van der Waals surface area contributed by atoms with Crippen LogP contribution in [-0.2, 0) is 24.3 Å². The Bertz CT molecular complexity index is 763. The molecule has 9 heteroatoms. The molecule has 1 rings (SSSR count). The van der Waals surface area contributed by atoms with Crippen LogP contribution in [0.5, 0.6) is 0 Å². The molecule has 0 radical (unpaired) electrons. The molecule has 0 saturated carbocycles. The van der Waals surface area contributed by atoms with E-state index < -0.39 is 39.8 Å². The largest absolute Gasteiger partial charge is 0.467 e. The van der Waals surface area contributed by atoms with E-state index in [4.69, 9.17) is 4.74 Å². The third kappa shape index (κ3) is 7.55. The lowest BCUT2D eigenvalue weighted by Crippen LogP contribution is -2.47. The number of sulfonamides is 1. The van der Waals surface area contributed by atoms with Crippen molar-refractivity contribution < 1.29 is 27.1 Å². The van der Waals surface area contributed by atoms with Gasteiger partial charge in [-0.05, 0) is 42.5 Å². The van der Waals surface area contributed by atoms with Crippen LogP contribution in [0.15, 0.2) is 29.2 Å². The minimum absolute atomic E-state index is 0.0906. The Hall–Kier alpha value is -2.00. The normalized spacial score (nSPS) is 14.0. The number of hydrogen-bond donors (Lipinski definition) is 2. The molecule has 158 valence electrons. The third-order valence-corrected chi connectivity index (χ3v) is 5.67. The van der Waals surface area contributed by atoms with Gasteiger partial charge in [-0.25, -0.2) is 22.3 Å². The number of methoxy groups -OCH3 is 1. The summed E-state index contributed by atoms with van der Waals surface area (Å²) in [6.45, 7) is 7.37. The second-order valence-electron chi connectivity index (χ2n) is 7.40. The summed E-state index contributed by atoms with van der Waals surface area (Å²) in [5, 5.41) is 2.62. The molecule has 0 saturated heterocycles. The van der Waals surface area contributed by atoms with Gasteiger partial charge >= 0.3 is 5.97 Å². The lowest BCUT2D eigenvalue weighted by molar-refractivity contribution is -0.145. The summed E-state index contributed by atoms with van der Waals surface area (Å²) < 4.78 is 45.3. The fourth-order valence-corrected chi connectivity index (χ4v) is 3.96. The summed E-state index contributed by atoms with van der Waals surface area (Å²) in [7, 11) is -2.68. The number of halogens is 1. The van der Waals surface area contributed by atoms with Crippen LogP contribution in [0.25, 0.3) is 0 Å².